The minimum Gasteiger partial charge on any atom is -0.478 e. The molecule has 1 aromatic heterocycles. The third kappa shape index (κ3) is 5.68. The van der Waals surface area contributed by atoms with Crippen LogP contribution in [0.3, 0.4) is 0 Å². The average Bonchev–Trinajstić information content (AvgIpc) is 3.38. The summed E-state index contributed by atoms with van der Waals surface area (Å²) in [5.41, 5.74) is 1.01. The summed E-state index contributed by atoms with van der Waals surface area (Å²) < 4.78 is 25.3. The highest BCUT2D eigenvalue weighted by Crippen LogP contribution is 2.38. The molecule has 190 valence electrons. The van der Waals surface area contributed by atoms with Crippen molar-refractivity contribution >= 4 is 56.6 Å². The molecule has 2 aliphatic rings. The van der Waals surface area contributed by atoms with Crippen LogP contribution in [-0.4, -0.2) is 59.5 Å². The van der Waals surface area contributed by atoms with Crippen LogP contribution in [0, 0.1) is 5.82 Å². The van der Waals surface area contributed by atoms with Gasteiger partial charge in [0, 0.05) is 42.0 Å². The summed E-state index contributed by atoms with van der Waals surface area (Å²) in [6.45, 7) is 1.02. The molecule has 0 bridgehead atoms. The monoisotopic (exact) mass is 598 g/mol. The van der Waals surface area contributed by atoms with E-state index in [4.69, 9.17) is 26.2 Å². The fourth-order valence-electron chi connectivity index (χ4n) is 3.80. The smallest absolute Gasteiger partial charge is 0.338 e. The number of allylic oxidation sites excluding steroid dienone is 1. The highest BCUT2D eigenvalue weighted by Gasteiger charge is 2.34. The second kappa shape index (κ2) is 11.6. The molecule has 3 atom stereocenters. The Labute approximate surface area is 223 Å². The SMILES string of the molecule is COC(=O)C1=C(CBr)NC(c2ncc(C3CNC[C@@H](/C=C/C(=O)O)O3)s2)=N[C@H]1c1cccc(F)c1Cl. The number of benzene rings is 1. The van der Waals surface area contributed by atoms with Crippen molar-refractivity contribution in [3.8, 4) is 0 Å². The van der Waals surface area contributed by atoms with Crippen LogP contribution < -0.4 is 10.6 Å². The third-order valence-corrected chi connectivity index (χ3v) is 7.51. The van der Waals surface area contributed by atoms with Gasteiger partial charge in [-0.05, 0) is 12.1 Å². The number of carboxylic acid groups (broad SMARTS) is 1. The van der Waals surface area contributed by atoms with Crippen molar-refractivity contribution in [3.63, 3.8) is 0 Å². The van der Waals surface area contributed by atoms with Crippen molar-refractivity contribution in [2.75, 3.05) is 25.5 Å². The average molecular weight is 600 g/mol. The van der Waals surface area contributed by atoms with Crippen LogP contribution in [0.5, 0.6) is 0 Å². The lowest BCUT2D eigenvalue weighted by atomic mass is 9.96. The van der Waals surface area contributed by atoms with Crippen LogP contribution in [0.4, 0.5) is 4.39 Å². The Kier molecular flexibility index (Phi) is 8.52. The summed E-state index contributed by atoms with van der Waals surface area (Å²) in [5.74, 6) is -1.91. The van der Waals surface area contributed by atoms with Gasteiger partial charge in [0.25, 0.3) is 0 Å². The van der Waals surface area contributed by atoms with Gasteiger partial charge < -0.3 is 25.2 Å². The number of carboxylic acids is 1. The Bertz CT molecular complexity index is 1270. The number of carbonyl (C=O) groups is 2. The fraction of sp³-hybridized carbons (Fsp3) is 0.304. The number of methoxy groups -OCH3 is 1. The summed E-state index contributed by atoms with van der Waals surface area (Å²) >= 11 is 11.0. The van der Waals surface area contributed by atoms with Gasteiger partial charge in [-0.1, -0.05) is 39.7 Å². The lowest BCUT2D eigenvalue weighted by Crippen LogP contribution is -2.39. The first-order valence-electron chi connectivity index (χ1n) is 10.7. The first-order chi connectivity index (χ1) is 17.3. The molecule has 1 unspecified atom stereocenters. The highest BCUT2D eigenvalue weighted by molar-refractivity contribution is 9.09. The number of hydrogen-bond acceptors (Lipinski definition) is 9. The normalized spacial score (nSPS) is 22.3. The molecule has 0 amide bonds. The molecule has 3 heterocycles. The van der Waals surface area contributed by atoms with Gasteiger partial charge in [0.2, 0.25) is 0 Å². The summed E-state index contributed by atoms with van der Waals surface area (Å²) in [7, 11) is 1.26. The Morgan fingerprint density at radius 3 is 2.94 bits per heavy atom. The maximum absolute atomic E-state index is 14.3. The number of ether oxygens (including phenoxy) is 2. The molecule has 2 aromatic rings. The maximum Gasteiger partial charge on any atom is 0.338 e. The van der Waals surface area contributed by atoms with Crippen LogP contribution in [0.25, 0.3) is 0 Å². The third-order valence-electron chi connectivity index (χ3n) is 5.45. The van der Waals surface area contributed by atoms with E-state index in [0.29, 0.717) is 35.2 Å². The van der Waals surface area contributed by atoms with E-state index in [1.165, 1.54) is 36.7 Å². The van der Waals surface area contributed by atoms with Gasteiger partial charge in [0.15, 0.2) is 10.8 Å². The number of nitrogens with one attached hydrogen (secondary N) is 2. The largest absolute Gasteiger partial charge is 0.478 e. The van der Waals surface area contributed by atoms with E-state index in [1.807, 2.05) is 0 Å². The zero-order valence-corrected chi connectivity index (χ0v) is 22.0. The van der Waals surface area contributed by atoms with Crippen molar-refractivity contribution in [2.45, 2.75) is 18.2 Å². The van der Waals surface area contributed by atoms with E-state index in [1.54, 1.807) is 12.3 Å². The number of aromatic nitrogens is 1. The van der Waals surface area contributed by atoms with E-state index < -0.39 is 29.9 Å². The highest BCUT2D eigenvalue weighted by atomic mass is 79.9. The van der Waals surface area contributed by atoms with Gasteiger partial charge in [-0.2, -0.15) is 0 Å². The van der Waals surface area contributed by atoms with E-state index in [0.717, 1.165) is 11.0 Å². The van der Waals surface area contributed by atoms with Gasteiger partial charge in [-0.25, -0.2) is 19.0 Å². The second-order valence-corrected chi connectivity index (χ2v) is 9.75. The predicted octanol–water partition coefficient (Wildman–Crippen LogP) is 3.52. The molecule has 13 heteroatoms. The van der Waals surface area contributed by atoms with Crippen LogP contribution in [0.2, 0.25) is 5.02 Å². The molecule has 3 N–H and O–H groups in total. The van der Waals surface area contributed by atoms with Crippen molar-refractivity contribution in [3.05, 3.63) is 74.1 Å². The van der Waals surface area contributed by atoms with Crippen molar-refractivity contribution in [2.24, 2.45) is 4.99 Å². The number of carbonyl (C=O) groups excluding carboxylic acids is 1. The molecule has 0 aliphatic carbocycles. The Hall–Kier alpha value is -2.64. The number of rotatable bonds is 7. The number of amidine groups is 1. The first kappa shape index (κ1) is 26.4. The van der Waals surface area contributed by atoms with Gasteiger partial charge >= 0.3 is 11.9 Å². The Morgan fingerprint density at radius 2 is 2.22 bits per heavy atom. The molecular formula is C23H21BrClFN4O5S. The number of aliphatic carboxylic acids is 1. The molecule has 0 saturated carbocycles. The molecule has 0 spiro atoms. The van der Waals surface area contributed by atoms with E-state index >= 15 is 0 Å². The number of alkyl halides is 1. The molecule has 9 nitrogen and oxygen atoms in total. The van der Waals surface area contributed by atoms with Crippen molar-refractivity contribution < 1.29 is 28.6 Å². The quantitative estimate of drug-likeness (QED) is 0.251. The van der Waals surface area contributed by atoms with Crippen LogP contribution >= 0.6 is 38.9 Å². The predicted molar refractivity (Wildman–Crippen MR) is 136 cm³/mol. The molecular weight excluding hydrogens is 579 g/mol. The molecule has 1 aromatic carbocycles. The number of hydrogen-bond donors (Lipinski definition) is 3. The summed E-state index contributed by atoms with van der Waals surface area (Å²) in [4.78, 5) is 33.5. The molecule has 1 saturated heterocycles. The van der Waals surface area contributed by atoms with Crippen LogP contribution in [0.1, 0.15) is 27.6 Å². The van der Waals surface area contributed by atoms with E-state index in [2.05, 4.69) is 36.5 Å². The summed E-state index contributed by atoms with van der Waals surface area (Å²) in [6, 6.07) is 3.42. The topological polar surface area (TPSA) is 122 Å². The number of thiazole rings is 1. The zero-order valence-electron chi connectivity index (χ0n) is 18.8. The number of esters is 1. The van der Waals surface area contributed by atoms with Crippen LogP contribution in [-0.2, 0) is 19.1 Å². The molecule has 2 aliphatic heterocycles. The van der Waals surface area contributed by atoms with Gasteiger partial charge in [0.1, 0.15) is 18.0 Å². The van der Waals surface area contributed by atoms with Crippen molar-refractivity contribution in [1.29, 1.82) is 0 Å². The fourth-order valence-corrected chi connectivity index (χ4v) is 5.37. The van der Waals surface area contributed by atoms with Gasteiger partial charge in [-0.3, -0.25) is 4.99 Å². The lowest BCUT2D eigenvalue weighted by Gasteiger charge is -2.28. The lowest BCUT2D eigenvalue weighted by molar-refractivity contribution is -0.136. The number of morpholine rings is 1. The molecule has 36 heavy (non-hydrogen) atoms. The van der Waals surface area contributed by atoms with E-state index in [9.17, 15) is 14.0 Å². The Balaban J connectivity index is 1.67. The number of nitrogens with zero attached hydrogens (tertiary/aromatic N) is 2. The minimum absolute atomic E-state index is 0.134. The minimum atomic E-state index is -1.04. The van der Waals surface area contributed by atoms with Gasteiger partial charge in [-0.15, -0.1) is 11.3 Å². The Morgan fingerprint density at radius 1 is 1.42 bits per heavy atom. The molecule has 1 fully saturated rings. The molecule has 4 rings (SSSR count). The standard InChI is InChI=1S/C23H21BrClFN4O5S/c1-34-23(33)18-14(7-24)29-21(30-20(18)12-3-2-4-13(26)19(12)25)22-28-10-16(36-22)15-9-27-8-11(35-15)5-6-17(31)32/h2-6,10-11,15,20,27H,7-9H2,1H3,(H,29,30)(H,31,32)/b6-5+/t11-,15?,20+/m1/s1. The van der Waals surface area contributed by atoms with Gasteiger partial charge in [0.05, 0.1) is 28.7 Å². The number of aliphatic imine (C=N–C) groups is 1. The maximum atomic E-state index is 14.3. The molecule has 0 radical (unpaired) electrons. The summed E-state index contributed by atoms with van der Waals surface area (Å²) in [5, 5.41) is 15.9. The number of halogens is 3. The zero-order chi connectivity index (χ0) is 25.8. The summed E-state index contributed by atoms with van der Waals surface area (Å²) in [6.07, 6.45) is 3.46. The van der Waals surface area contributed by atoms with Crippen LogP contribution in [0.15, 0.2) is 52.8 Å². The second-order valence-electron chi connectivity index (χ2n) is 7.75. The van der Waals surface area contributed by atoms with E-state index in [-0.39, 0.29) is 22.0 Å². The van der Waals surface area contributed by atoms with Crippen molar-refractivity contribution in [1.82, 2.24) is 15.6 Å². The first-order valence-corrected chi connectivity index (χ1v) is 13.0.